The lowest BCUT2D eigenvalue weighted by Crippen LogP contribution is -2.49. The molecule has 0 radical (unpaired) electrons. The van der Waals surface area contributed by atoms with E-state index in [2.05, 4.69) is 11.8 Å². The van der Waals surface area contributed by atoms with Crippen LogP contribution in [-0.2, 0) is 10.0 Å². The molecule has 1 fully saturated rings. The lowest BCUT2D eigenvalue weighted by atomic mass is 10.1. The molecule has 3 rings (SSSR count). The topological polar surface area (TPSA) is 49.9 Å². The molecule has 0 spiro atoms. The molecule has 0 bridgehead atoms. The number of nitrogens with zero attached hydrogens (tertiary/aromatic N) is 2. The van der Waals surface area contributed by atoms with E-state index in [4.69, 9.17) is 4.74 Å². The van der Waals surface area contributed by atoms with E-state index in [1.165, 1.54) is 16.4 Å². The summed E-state index contributed by atoms with van der Waals surface area (Å²) >= 11 is 0. The smallest absolute Gasteiger partial charge is 0.243 e. The van der Waals surface area contributed by atoms with Crippen molar-refractivity contribution in [3.8, 4) is 5.75 Å². The second kappa shape index (κ2) is 7.73. The molecule has 140 valence electrons. The molecule has 0 N–H and O–H groups in total. The largest absolute Gasteiger partial charge is 0.497 e. The van der Waals surface area contributed by atoms with E-state index in [1.54, 1.807) is 43.5 Å². The van der Waals surface area contributed by atoms with Gasteiger partial charge in [-0.05, 0) is 48.9 Å². The number of sulfonamides is 1. The van der Waals surface area contributed by atoms with E-state index in [9.17, 15) is 12.8 Å². The molecule has 5 nitrogen and oxygen atoms in total. The Balaban J connectivity index is 1.66. The highest BCUT2D eigenvalue weighted by Gasteiger charge is 2.30. The van der Waals surface area contributed by atoms with Gasteiger partial charge in [0.05, 0.1) is 12.0 Å². The van der Waals surface area contributed by atoms with Crippen LogP contribution in [0.2, 0.25) is 0 Å². The number of piperazine rings is 1. The molecule has 1 aliphatic rings. The molecule has 0 aliphatic carbocycles. The standard InChI is InChI=1S/C19H23FN2O3S/c1-15(16-3-5-17(20)6-4-16)21-11-13-22(14-12-21)26(23,24)19-9-7-18(25-2)8-10-19/h3-10,15H,11-14H2,1-2H3/t15-/m0/s1. The van der Waals surface area contributed by atoms with Gasteiger partial charge in [-0.3, -0.25) is 4.90 Å². The Morgan fingerprint density at radius 2 is 1.54 bits per heavy atom. The zero-order valence-electron chi connectivity index (χ0n) is 14.9. The SMILES string of the molecule is COc1ccc(S(=O)(=O)N2CCN([C@@H](C)c3ccc(F)cc3)CC2)cc1. The second-order valence-corrected chi connectivity index (χ2v) is 8.28. The van der Waals surface area contributed by atoms with Gasteiger partial charge in [0, 0.05) is 32.2 Å². The fourth-order valence-electron chi connectivity index (χ4n) is 3.18. The van der Waals surface area contributed by atoms with E-state index in [0.29, 0.717) is 31.9 Å². The highest BCUT2D eigenvalue weighted by atomic mass is 32.2. The van der Waals surface area contributed by atoms with Gasteiger partial charge in [0.25, 0.3) is 0 Å². The van der Waals surface area contributed by atoms with Crippen molar-refractivity contribution in [1.82, 2.24) is 9.21 Å². The summed E-state index contributed by atoms with van der Waals surface area (Å²) in [6.45, 7) is 4.18. The van der Waals surface area contributed by atoms with Crippen LogP contribution in [0.15, 0.2) is 53.4 Å². The molecular formula is C19H23FN2O3S. The Labute approximate surface area is 154 Å². The first-order chi connectivity index (χ1) is 12.4. The molecule has 7 heteroatoms. The van der Waals surface area contributed by atoms with Gasteiger partial charge in [-0.25, -0.2) is 12.8 Å². The van der Waals surface area contributed by atoms with Crippen molar-refractivity contribution >= 4 is 10.0 Å². The predicted molar refractivity (Wildman–Crippen MR) is 98.1 cm³/mol. The third-order valence-electron chi connectivity index (χ3n) is 4.87. The summed E-state index contributed by atoms with van der Waals surface area (Å²) < 4.78 is 45.3. The first-order valence-corrected chi connectivity index (χ1v) is 9.99. The van der Waals surface area contributed by atoms with Gasteiger partial charge in [-0.15, -0.1) is 0 Å². The Kier molecular flexibility index (Phi) is 5.60. The maximum atomic E-state index is 13.1. The molecule has 0 aromatic heterocycles. The van der Waals surface area contributed by atoms with E-state index in [1.807, 2.05) is 0 Å². The minimum atomic E-state index is -3.50. The number of hydrogen-bond acceptors (Lipinski definition) is 4. The number of hydrogen-bond donors (Lipinski definition) is 0. The predicted octanol–water partition coefficient (Wildman–Crippen LogP) is 2.90. The van der Waals surface area contributed by atoms with E-state index in [0.717, 1.165) is 5.56 Å². The highest BCUT2D eigenvalue weighted by molar-refractivity contribution is 7.89. The molecule has 26 heavy (non-hydrogen) atoms. The first-order valence-electron chi connectivity index (χ1n) is 8.55. The van der Waals surface area contributed by atoms with E-state index >= 15 is 0 Å². The minimum Gasteiger partial charge on any atom is -0.497 e. The summed E-state index contributed by atoms with van der Waals surface area (Å²) in [7, 11) is -1.96. The van der Waals surface area contributed by atoms with Gasteiger partial charge < -0.3 is 4.74 Å². The van der Waals surface area contributed by atoms with Crippen molar-refractivity contribution in [3.63, 3.8) is 0 Å². The molecule has 0 unspecified atom stereocenters. The summed E-state index contributed by atoms with van der Waals surface area (Å²) in [5, 5.41) is 0. The van der Waals surface area contributed by atoms with Crippen molar-refractivity contribution in [1.29, 1.82) is 0 Å². The normalized spacial score (nSPS) is 17.8. The average molecular weight is 378 g/mol. The lowest BCUT2D eigenvalue weighted by Gasteiger charge is -2.37. The fraction of sp³-hybridized carbons (Fsp3) is 0.368. The van der Waals surface area contributed by atoms with Crippen LogP contribution in [0.25, 0.3) is 0 Å². The molecule has 1 saturated heterocycles. The number of methoxy groups -OCH3 is 1. The van der Waals surface area contributed by atoms with Crippen LogP contribution >= 0.6 is 0 Å². The van der Waals surface area contributed by atoms with Crippen LogP contribution in [0.1, 0.15) is 18.5 Å². The molecule has 1 atom stereocenters. The van der Waals surface area contributed by atoms with Gasteiger partial charge >= 0.3 is 0 Å². The molecule has 2 aromatic rings. The van der Waals surface area contributed by atoms with E-state index < -0.39 is 10.0 Å². The first kappa shape index (κ1) is 18.8. The van der Waals surface area contributed by atoms with Crippen molar-refractivity contribution in [2.24, 2.45) is 0 Å². The quantitative estimate of drug-likeness (QED) is 0.803. The van der Waals surface area contributed by atoms with Crippen molar-refractivity contribution in [2.45, 2.75) is 17.9 Å². The molecule has 2 aromatic carbocycles. The Morgan fingerprint density at radius 3 is 2.08 bits per heavy atom. The second-order valence-electron chi connectivity index (χ2n) is 6.34. The average Bonchev–Trinajstić information content (AvgIpc) is 2.68. The van der Waals surface area contributed by atoms with Crippen LogP contribution in [0.3, 0.4) is 0 Å². The zero-order valence-corrected chi connectivity index (χ0v) is 15.7. The maximum Gasteiger partial charge on any atom is 0.243 e. The summed E-state index contributed by atoms with van der Waals surface area (Å²) in [5.74, 6) is 0.373. The Bertz CT molecular complexity index is 830. The Morgan fingerprint density at radius 1 is 0.962 bits per heavy atom. The van der Waals surface area contributed by atoms with Gasteiger partial charge in [-0.2, -0.15) is 4.31 Å². The van der Waals surface area contributed by atoms with Crippen LogP contribution in [0.4, 0.5) is 4.39 Å². The maximum absolute atomic E-state index is 13.1. The van der Waals surface area contributed by atoms with Gasteiger partial charge in [0.15, 0.2) is 0 Å². The molecule has 0 amide bonds. The third-order valence-corrected chi connectivity index (χ3v) is 6.78. The van der Waals surface area contributed by atoms with Crippen molar-refractivity contribution in [2.75, 3.05) is 33.3 Å². The summed E-state index contributed by atoms with van der Waals surface area (Å²) in [4.78, 5) is 2.49. The monoisotopic (exact) mass is 378 g/mol. The summed E-state index contributed by atoms with van der Waals surface area (Å²) in [6.07, 6.45) is 0. The minimum absolute atomic E-state index is 0.112. The van der Waals surface area contributed by atoms with Crippen LogP contribution in [0, 0.1) is 5.82 Å². The molecular weight excluding hydrogens is 355 g/mol. The van der Waals surface area contributed by atoms with Crippen LogP contribution in [0.5, 0.6) is 5.75 Å². The highest BCUT2D eigenvalue weighted by Crippen LogP contribution is 2.25. The summed E-state index contributed by atoms with van der Waals surface area (Å²) in [6, 6.07) is 13.0. The summed E-state index contributed by atoms with van der Waals surface area (Å²) in [5.41, 5.74) is 1.03. The van der Waals surface area contributed by atoms with Crippen LogP contribution in [-0.4, -0.2) is 50.9 Å². The number of halogens is 1. The van der Waals surface area contributed by atoms with E-state index in [-0.39, 0.29) is 16.8 Å². The molecule has 0 saturated carbocycles. The van der Waals surface area contributed by atoms with Crippen LogP contribution < -0.4 is 4.74 Å². The fourth-order valence-corrected chi connectivity index (χ4v) is 4.60. The van der Waals surface area contributed by atoms with Gasteiger partial charge in [0.1, 0.15) is 11.6 Å². The Hall–Kier alpha value is -1.96. The third kappa shape index (κ3) is 3.90. The van der Waals surface area contributed by atoms with Crippen molar-refractivity contribution in [3.05, 3.63) is 59.9 Å². The van der Waals surface area contributed by atoms with Gasteiger partial charge in [-0.1, -0.05) is 12.1 Å². The van der Waals surface area contributed by atoms with Gasteiger partial charge in [0.2, 0.25) is 10.0 Å². The number of benzene rings is 2. The number of ether oxygens (including phenoxy) is 1. The van der Waals surface area contributed by atoms with Crippen molar-refractivity contribution < 1.29 is 17.5 Å². The lowest BCUT2D eigenvalue weighted by molar-refractivity contribution is 0.146. The number of rotatable bonds is 5. The molecule has 1 aliphatic heterocycles. The molecule has 1 heterocycles. The zero-order chi connectivity index (χ0) is 18.7.